The summed E-state index contributed by atoms with van der Waals surface area (Å²) in [4.78, 5) is 0. The van der Waals surface area contributed by atoms with Crippen molar-refractivity contribution in [3.8, 4) is 18.1 Å². The standard InChI is InChI=1S/C14H18O3/c1-5-14(2,3)17-11-16-10-12-6-8-13(15-4)9-7-12/h1,6-9H,10-11H2,2-4H3. The van der Waals surface area contributed by atoms with Crippen LogP contribution >= 0.6 is 0 Å². The Morgan fingerprint density at radius 2 is 1.88 bits per heavy atom. The first-order valence-electron chi connectivity index (χ1n) is 5.40. The SMILES string of the molecule is C#CC(C)(C)OCOCc1ccc(OC)cc1. The first-order valence-corrected chi connectivity index (χ1v) is 5.40. The Balaban J connectivity index is 2.29. The number of benzene rings is 1. The van der Waals surface area contributed by atoms with Crippen LogP contribution in [0.25, 0.3) is 0 Å². The minimum atomic E-state index is -0.583. The van der Waals surface area contributed by atoms with Crippen LogP contribution in [0, 0.1) is 12.3 Å². The molecule has 0 spiro atoms. The van der Waals surface area contributed by atoms with Gasteiger partial charge in [0.05, 0.1) is 13.7 Å². The van der Waals surface area contributed by atoms with Gasteiger partial charge in [0, 0.05) is 0 Å². The van der Waals surface area contributed by atoms with Crippen LogP contribution in [0.2, 0.25) is 0 Å². The molecule has 0 aromatic heterocycles. The topological polar surface area (TPSA) is 27.7 Å². The molecule has 0 heterocycles. The molecule has 1 aromatic rings. The van der Waals surface area contributed by atoms with E-state index in [0.717, 1.165) is 11.3 Å². The molecule has 0 atom stereocenters. The van der Waals surface area contributed by atoms with Crippen molar-refractivity contribution in [2.24, 2.45) is 0 Å². The second-order valence-electron chi connectivity index (χ2n) is 4.11. The van der Waals surface area contributed by atoms with Gasteiger partial charge in [-0.3, -0.25) is 0 Å². The van der Waals surface area contributed by atoms with Crippen molar-refractivity contribution in [3.05, 3.63) is 29.8 Å². The average molecular weight is 234 g/mol. The lowest BCUT2D eigenvalue weighted by atomic mass is 10.2. The summed E-state index contributed by atoms with van der Waals surface area (Å²) < 4.78 is 15.8. The van der Waals surface area contributed by atoms with Crippen LogP contribution in [0.1, 0.15) is 19.4 Å². The van der Waals surface area contributed by atoms with E-state index in [9.17, 15) is 0 Å². The second-order valence-corrected chi connectivity index (χ2v) is 4.11. The molecule has 0 saturated carbocycles. The second kappa shape index (κ2) is 6.29. The predicted molar refractivity (Wildman–Crippen MR) is 66.6 cm³/mol. The Morgan fingerprint density at radius 1 is 1.24 bits per heavy atom. The lowest BCUT2D eigenvalue weighted by Crippen LogP contribution is -2.23. The minimum absolute atomic E-state index is 0.184. The Hall–Kier alpha value is -1.50. The number of methoxy groups -OCH3 is 1. The van der Waals surface area contributed by atoms with Crippen molar-refractivity contribution in [3.63, 3.8) is 0 Å². The van der Waals surface area contributed by atoms with Crippen molar-refractivity contribution < 1.29 is 14.2 Å². The zero-order chi connectivity index (χ0) is 12.7. The molecule has 0 fully saturated rings. The molecule has 1 rings (SSSR count). The third-order valence-electron chi connectivity index (χ3n) is 2.28. The van der Waals surface area contributed by atoms with Crippen LogP contribution in [-0.4, -0.2) is 19.5 Å². The largest absolute Gasteiger partial charge is 0.497 e. The lowest BCUT2D eigenvalue weighted by Gasteiger charge is -2.18. The number of ether oxygens (including phenoxy) is 3. The summed E-state index contributed by atoms with van der Waals surface area (Å²) in [7, 11) is 1.64. The third kappa shape index (κ3) is 4.90. The molecular weight excluding hydrogens is 216 g/mol. The van der Waals surface area contributed by atoms with E-state index in [0.29, 0.717) is 6.61 Å². The fraction of sp³-hybridized carbons (Fsp3) is 0.429. The molecule has 0 aliphatic carbocycles. The lowest BCUT2D eigenvalue weighted by molar-refractivity contribution is -0.110. The molecular formula is C14H18O3. The maximum absolute atomic E-state index is 5.37. The van der Waals surface area contributed by atoms with Gasteiger partial charge in [-0.15, -0.1) is 6.42 Å². The van der Waals surface area contributed by atoms with Gasteiger partial charge in [-0.1, -0.05) is 18.1 Å². The summed E-state index contributed by atoms with van der Waals surface area (Å²) in [6.45, 7) is 4.32. The summed E-state index contributed by atoms with van der Waals surface area (Å²) in [5.74, 6) is 3.37. The van der Waals surface area contributed by atoms with E-state index < -0.39 is 5.60 Å². The van der Waals surface area contributed by atoms with Crippen molar-refractivity contribution in [1.82, 2.24) is 0 Å². The molecule has 0 bridgehead atoms. The molecule has 0 N–H and O–H groups in total. The number of hydrogen-bond donors (Lipinski definition) is 0. The maximum atomic E-state index is 5.37. The van der Waals surface area contributed by atoms with Crippen molar-refractivity contribution >= 4 is 0 Å². The first kappa shape index (κ1) is 13.6. The molecule has 1 aromatic carbocycles. The molecule has 0 saturated heterocycles. The fourth-order valence-corrected chi connectivity index (χ4v) is 1.11. The highest BCUT2D eigenvalue weighted by atomic mass is 16.7. The monoisotopic (exact) mass is 234 g/mol. The van der Waals surface area contributed by atoms with E-state index in [-0.39, 0.29) is 6.79 Å². The zero-order valence-corrected chi connectivity index (χ0v) is 10.5. The zero-order valence-electron chi connectivity index (χ0n) is 10.5. The minimum Gasteiger partial charge on any atom is -0.497 e. The molecule has 3 heteroatoms. The summed E-state index contributed by atoms with van der Waals surface area (Å²) in [5.41, 5.74) is 0.479. The van der Waals surface area contributed by atoms with Crippen LogP contribution < -0.4 is 4.74 Å². The molecule has 0 aliphatic heterocycles. The Morgan fingerprint density at radius 3 is 2.41 bits per heavy atom. The van der Waals surface area contributed by atoms with Gasteiger partial charge in [-0.05, 0) is 31.5 Å². The van der Waals surface area contributed by atoms with E-state index in [1.807, 2.05) is 38.1 Å². The molecule has 0 radical (unpaired) electrons. The molecule has 92 valence electrons. The van der Waals surface area contributed by atoms with Gasteiger partial charge in [0.25, 0.3) is 0 Å². The maximum Gasteiger partial charge on any atom is 0.149 e. The highest BCUT2D eigenvalue weighted by molar-refractivity contribution is 5.26. The van der Waals surface area contributed by atoms with Crippen LogP contribution in [0.4, 0.5) is 0 Å². The number of hydrogen-bond acceptors (Lipinski definition) is 3. The normalized spacial score (nSPS) is 10.9. The number of terminal acetylenes is 1. The summed E-state index contributed by atoms with van der Waals surface area (Å²) in [6.07, 6.45) is 5.29. The van der Waals surface area contributed by atoms with E-state index in [1.165, 1.54) is 0 Å². The van der Waals surface area contributed by atoms with Gasteiger partial charge in [-0.2, -0.15) is 0 Å². The van der Waals surface area contributed by atoms with Crippen molar-refractivity contribution in [1.29, 1.82) is 0 Å². The number of rotatable bonds is 6. The van der Waals surface area contributed by atoms with Crippen molar-refractivity contribution in [2.45, 2.75) is 26.1 Å². The highest BCUT2D eigenvalue weighted by Crippen LogP contribution is 2.12. The first-order chi connectivity index (χ1) is 8.07. The van der Waals surface area contributed by atoms with Gasteiger partial charge in [-0.25, -0.2) is 0 Å². The molecule has 0 amide bonds. The Labute approximate surface area is 103 Å². The Bertz CT molecular complexity index is 373. The van der Waals surface area contributed by atoms with Gasteiger partial charge < -0.3 is 14.2 Å². The molecule has 0 aliphatic rings. The summed E-state index contributed by atoms with van der Waals surface area (Å²) in [6, 6.07) is 7.69. The van der Waals surface area contributed by atoms with Crippen LogP contribution in [0.15, 0.2) is 24.3 Å². The van der Waals surface area contributed by atoms with Gasteiger partial charge in [0.1, 0.15) is 18.1 Å². The molecule has 0 unspecified atom stereocenters. The van der Waals surface area contributed by atoms with E-state index in [2.05, 4.69) is 5.92 Å². The fourth-order valence-electron chi connectivity index (χ4n) is 1.11. The highest BCUT2D eigenvalue weighted by Gasteiger charge is 2.13. The smallest absolute Gasteiger partial charge is 0.149 e. The van der Waals surface area contributed by atoms with Crippen LogP contribution in [0.5, 0.6) is 5.75 Å². The Kier molecular flexibility index (Phi) is 5.02. The predicted octanol–water partition coefficient (Wildman–Crippen LogP) is 2.60. The summed E-state index contributed by atoms with van der Waals surface area (Å²) >= 11 is 0. The van der Waals surface area contributed by atoms with Crippen LogP contribution in [-0.2, 0) is 16.1 Å². The molecule has 17 heavy (non-hydrogen) atoms. The van der Waals surface area contributed by atoms with Gasteiger partial charge in [0.15, 0.2) is 0 Å². The summed E-state index contributed by atoms with van der Waals surface area (Å²) in [5, 5.41) is 0. The van der Waals surface area contributed by atoms with Gasteiger partial charge in [0.2, 0.25) is 0 Å². The molecule has 3 nitrogen and oxygen atoms in total. The van der Waals surface area contributed by atoms with E-state index in [4.69, 9.17) is 20.6 Å². The van der Waals surface area contributed by atoms with Crippen molar-refractivity contribution in [2.75, 3.05) is 13.9 Å². The van der Waals surface area contributed by atoms with E-state index >= 15 is 0 Å². The van der Waals surface area contributed by atoms with Gasteiger partial charge >= 0.3 is 0 Å². The van der Waals surface area contributed by atoms with E-state index in [1.54, 1.807) is 7.11 Å². The van der Waals surface area contributed by atoms with Crippen LogP contribution in [0.3, 0.4) is 0 Å². The quantitative estimate of drug-likeness (QED) is 0.430. The average Bonchev–Trinajstić information content (AvgIpc) is 2.35. The third-order valence-corrected chi connectivity index (χ3v) is 2.28.